The Balaban J connectivity index is 2.03. The van der Waals surface area contributed by atoms with Crippen LogP contribution in [0.25, 0.3) is 0 Å². The monoisotopic (exact) mass is 372 g/mol. The fourth-order valence-electron chi connectivity index (χ4n) is 3.63. The van der Waals surface area contributed by atoms with Gasteiger partial charge in [-0.3, -0.25) is 0 Å². The fourth-order valence-corrected chi connectivity index (χ4v) is 3.63. The summed E-state index contributed by atoms with van der Waals surface area (Å²) in [4.78, 5) is 5.24. The van der Waals surface area contributed by atoms with Gasteiger partial charge in [0, 0.05) is 31.4 Å². The number of ether oxygens (including phenoxy) is 1. The normalized spacial score (nSPS) is 16.0. The van der Waals surface area contributed by atoms with Crippen molar-refractivity contribution in [3.05, 3.63) is 35.9 Å². The highest BCUT2D eigenvalue weighted by molar-refractivity contribution is 5.50. The molecule has 0 bridgehead atoms. The number of hydrogen-bond donors (Lipinski definition) is 0. The van der Waals surface area contributed by atoms with Crippen molar-refractivity contribution in [1.29, 1.82) is 0 Å². The molecule has 0 radical (unpaired) electrons. The van der Waals surface area contributed by atoms with Crippen molar-refractivity contribution < 1.29 is 4.74 Å². The van der Waals surface area contributed by atoms with E-state index in [-0.39, 0.29) is 6.10 Å². The summed E-state index contributed by atoms with van der Waals surface area (Å²) in [6, 6.07) is 9.29. The maximum Gasteiger partial charge on any atom is 0.119 e. The third-order valence-corrected chi connectivity index (χ3v) is 5.26. The van der Waals surface area contributed by atoms with Gasteiger partial charge in [-0.05, 0) is 83.7 Å². The first-order chi connectivity index (χ1) is 12.8. The van der Waals surface area contributed by atoms with Gasteiger partial charge in [0.15, 0.2) is 0 Å². The second kappa shape index (κ2) is 10.8. The predicted molar refractivity (Wildman–Crippen MR) is 118 cm³/mol. The highest BCUT2D eigenvalue weighted by Crippen LogP contribution is 2.26. The van der Waals surface area contributed by atoms with Crippen LogP contribution in [-0.2, 0) is 0 Å². The molecule has 2 rings (SSSR count). The predicted octanol–water partition coefficient (Wildman–Crippen LogP) is 5.76. The quantitative estimate of drug-likeness (QED) is 0.513. The molecule has 3 heteroatoms. The van der Waals surface area contributed by atoms with Crippen LogP contribution in [0.5, 0.6) is 5.75 Å². The number of hydrogen-bond acceptors (Lipinski definition) is 3. The molecular weight excluding hydrogens is 332 g/mol. The van der Waals surface area contributed by atoms with Gasteiger partial charge in [-0.1, -0.05) is 25.5 Å². The molecule has 1 heterocycles. The maximum absolute atomic E-state index is 5.82. The molecule has 1 aromatic carbocycles. The first kappa shape index (κ1) is 21.8. The average Bonchev–Trinajstić information content (AvgIpc) is 2.61. The summed E-state index contributed by atoms with van der Waals surface area (Å²) < 4.78 is 5.82. The van der Waals surface area contributed by atoms with E-state index in [1.807, 2.05) is 0 Å². The second-order valence-electron chi connectivity index (χ2n) is 8.85. The topological polar surface area (TPSA) is 15.7 Å². The molecule has 152 valence electrons. The summed E-state index contributed by atoms with van der Waals surface area (Å²) in [6.07, 6.45) is 6.37. The minimum atomic E-state index is 0.216. The molecule has 0 saturated carbocycles. The van der Waals surface area contributed by atoms with Crippen LogP contribution in [0.4, 0.5) is 5.69 Å². The number of allylic oxidation sites excluding steroid dienone is 1. The molecule has 0 amide bonds. The molecule has 0 unspecified atom stereocenters. The Bertz CT molecular complexity index is 565. The first-order valence-corrected chi connectivity index (χ1v) is 10.7. The van der Waals surface area contributed by atoms with Crippen molar-refractivity contribution in [3.63, 3.8) is 0 Å². The van der Waals surface area contributed by atoms with Crippen LogP contribution in [0.3, 0.4) is 0 Å². The van der Waals surface area contributed by atoms with Crippen LogP contribution < -0.4 is 9.64 Å². The van der Waals surface area contributed by atoms with E-state index in [1.54, 1.807) is 0 Å². The number of benzene rings is 1. The lowest BCUT2D eigenvalue weighted by atomic mass is 10.0. The van der Waals surface area contributed by atoms with Gasteiger partial charge in [-0.25, -0.2) is 0 Å². The summed E-state index contributed by atoms with van der Waals surface area (Å²) >= 11 is 0. The van der Waals surface area contributed by atoms with E-state index in [0.29, 0.717) is 6.04 Å². The molecule has 0 aliphatic carbocycles. The highest BCUT2D eigenvalue weighted by Gasteiger charge is 2.24. The minimum absolute atomic E-state index is 0.216. The Hall–Kier alpha value is -1.48. The van der Waals surface area contributed by atoms with E-state index in [0.717, 1.165) is 18.2 Å². The van der Waals surface area contributed by atoms with E-state index in [2.05, 4.69) is 81.7 Å². The zero-order valence-corrected chi connectivity index (χ0v) is 18.4. The largest absolute Gasteiger partial charge is 0.491 e. The van der Waals surface area contributed by atoms with Crippen molar-refractivity contribution in [3.8, 4) is 5.75 Å². The summed E-state index contributed by atoms with van der Waals surface area (Å²) in [5.41, 5.74) is 2.69. The number of anilines is 1. The summed E-state index contributed by atoms with van der Waals surface area (Å²) in [5, 5.41) is 0. The van der Waals surface area contributed by atoms with Crippen molar-refractivity contribution in [1.82, 2.24) is 4.90 Å². The molecule has 1 aromatic rings. The van der Waals surface area contributed by atoms with Crippen LogP contribution >= 0.6 is 0 Å². The second-order valence-corrected chi connectivity index (χ2v) is 8.85. The lowest BCUT2D eigenvalue weighted by Gasteiger charge is -2.39. The molecule has 1 aliphatic rings. The Morgan fingerprint density at radius 1 is 1.11 bits per heavy atom. The van der Waals surface area contributed by atoms with E-state index in [1.165, 1.54) is 50.2 Å². The lowest BCUT2D eigenvalue weighted by Crippen LogP contribution is -2.45. The van der Waals surface area contributed by atoms with E-state index >= 15 is 0 Å². The van der Waals surface area contributed by atoms with Gasteiger partial charge < -0.3 is 14.5 Å². The summed E-state index contributed by atoms with van der Waals surface area (Å²) in [5.74, 6) is 1.75. The van der Waals surface area contributed by atoms with E-state index < -0.39 is 0 Å². The molecule has 0 atom stereocenters. The molecular formula is C24H40N2O. The summed E-state index contributed by atoms with van der Waals surface area (Å²) in [6.45, 7) is 17.8. The van der Waals surface area contributed by atoms with E-state index in [4.69, 9.17) is 4.74 Å². The van der Waals surface area contributed by atoms with Gasteiger partial charge >= 0.3 is 0 Å². The van der Waals surface area contributed by atoms with Gasteiger partial charge in [0.25, 0.3) is 0 Å². The van der Waals surface area contributed by atoms with Crippen molar-refractivity contribution in [2.75, 3.05) is 31.1 Å². The van der Waals surface area contributed by atoms with Crippen LogP contribution in [0, 0.1) is 5.92 Å². The zero-order chi connectivity index (χ0) is 19.8. The molecule has 1 aliphatic heterocycles. The van der Waals surface area contributed by atoms with Gasteiger partial charge in [0.05, 0.1) is 6.10 Å². The Morgan fingerprint density at radius 2 is 1.74 bits per heavy atom. The third kappa shape index (κ3) is 7.57. The molecule has 1 fully saturated rings. The van der Waals surface area contributed by atoms with Crippen molar-refractivity contribution in [2.24, 2.45) is 5.92 Å². The Kier molecular flexibility index (Phi) is 8.69. The average molecular weight is 373 g/mol. The van der Waals surface area contributed by atoms with Gasteiger partial charge in [0.1, 0.15) is 5.75 Å². The van der Waals surface area contributed by atoms with Crippen LogP contribution in [-0.4, -0.2) is 43.2 Å². The van der Waals surface area contributed by atoms with Crippen LogP contribution in [0.15, 0.2) is 35.9 Å². The molecule has 1 saturated heterocycles. The molecule has 0 spiro atoms. The highest BCUT2D eigenvalue weighted by atomic mass is 16.5. The lowest BCUT2D eigenvalue weighted by molar-refractivity contribution is 0.200. The van der Waals surface area contributed by atoms with Gasteiger partial charge in [0.2, 0.25) is 0 Å². The SMILES string of the molecule is CC(C)=CCN(c1ccc(OC(C)C)cc1)C1CCN(CCC(C)C)CC1. The first-order valence-electron chi connectivity index (χ1n) is 10.7. The molecule has 0 aromatic heterocycles. The van der Waals surface area contributed by atoms with E-state index in [9.17, 15) is 0 Å². The Labute approximate surface area is 167 Å². The summed E-state index contributed by atoms with van der Waals surface area (Å²) in [7, 11) is 0. The number of piperidine rings is 1. The third-order valence-electron chi connectivity index (χ3n) is 5.26. The smallest absolute Gasteiger partial charge is 0.119 e. The standard InChI is InChI=1S/C24H40N2O/c1-19(2)11-15-25-16-13-23(14-17-25)26(18-12-20(3)4)22-7-9-24(10-8-22)27-21(5)6/h7-10,12,19,21,23H,11,13-18H2,1-6H3. The van der Waals surface area contributed by atoms with Crippen LogP contribution in [0.1, 0.15) is 60.8 Å². The zero-order valence-electron chi connectivity index (χ0n) is 18.4. The molecule has 0 N–H and O–H groups in total. The van der Waals surface area contributed by atoms with Gasteiger partial charge in [-0.15, -0.1) is 0 Å². The number of nitrogens with zero attached hydrogens (tertiary/aromatic N) is 2. The Morgan fingerprint density at radius 3 is 2.26 bits per heavy atom. The van der Waals surface area contributed by atoms with Crippen molar-refractivity contribution >= 4 is 5.69 Å². The maximum atomic E-state index is 5.82. The van der Waals surface area contributed by atoms with Crippen molar-refractivity contribution in [2.45, 2.75) is 73.0 Å². The van der Waals surface area contributed by atoms with Crippen LogP contribution in [0.2, 0.25) is 0 Å². The molecule has 27 heavy (non-hydrogen) atoms. The minimum Gasteiger partial charge on any atom is -0.491 e. The number of rotatable bonds is 9. The molecule has 3 nitrogen and oxygen atoms in total. The number of likely N-dealkylation sites (tertiary alicyclic amines) is 1. The van der Waals surface area contributed by atoms with Gasteiger partial charge in [-0.2, -0.15) is 0 Å². The fraction of sp³-hybridized carbons (Fsp3) is 0.667.